The minimum Gasteiger partial charge on any atom is -0.369 e. The van der Waals surface area contributed by atoms with E-state index in [1.165, 1.54) is 16.8 Å². The molecular weight excluding hydrogens is 410 g/mol. The number of carbonyl (C=O) groups is 1. The monoisotopic (exact) mass is 435 g/mol. The van der Waals surface area contributed by atoms with Crippen LogP contribution < -0.4 is 10.2 Å². The first-order chi connectivity index (χ1) is 14.7. The number of nitrogens with one attached hydrogen (secondary N) is 1. The molecule has 2 aliphatic rings. The molecule has 166 valence electrons. The van der Waals surface area contributed by atoms with Crippen molar-refractivity contribution in [1.82, 2.24) is 10.2 Å². The SMILES string of the molecule is CN1CCN(c2cccc3c2C[C@H](NC(=O)c2ccc(C(F)(F)F)c(F)c2)CC3)CC1. The molecule has 0 bridgehead atoms. The van der Waals surface area contributed by atoms with Gasteiger partial charge in [-0.2, -0.15) is 13.2 Å². The Labute approximate surface area is 178 Å². The minimum atomic E-state index is -4.79. The van der Waals surface area contributed by atoms with E-state index in [0.29, 0.717) is 18.6 Å². The lowest BCUT2D eigenvalue weighted by molar-refractivity contribution is -0.140. The summed E-state index contributed by atoms with van der Waals surface area (Å²) in [6.07, 6.45) is -2.60. The summed E-state index contributed by atoms with van der Waals surface area (Å²) in [5.74, 6) is -2.00. The van der Waals surface area contributed by atoms with Crippen molar-refractivity contribution < 1.29 is 22.4 Å². The molecule has 0 unspecified atom stereocenters. The largest absolute Gasteiger partial charge is 0.419 e. The smallest absolute Gasteiger partial charge is 0.369 e. The molecule has 2 aromatic rings. The van der Waals surface area contributed by atoms with E-state index in [9.17, 15) is 22.4 Å². The lowest BCUT2D eigenvalue weighted by atomic mass is 9.86. The molecule has 0 spiro atoms. The van der Waals surface area contributed by atoms with Crippen molar-refractivity contribution in [2.45, 2.75) is 31.5 Å². The van der Waals surface area contributed by atoms with Gasteiger partial charge < -0.3 is 15.1 Å². The maximum atomic E-state index is 13.9. The highest BCUT2D eigenvalue weighted by atomic mass is 19.4. The van der Waals surface area contributed by atoms with E-state index < -0.39 is 23.5 Å². The molecule has 0 saturated carbocycles. The third-order valence-electron chi connectivity index (χ3n) is 6.18. The number of rotatable bonds is 3. The Morgan fingerprint density at radius 1 is 1.10 bits per heavy atom. The summed E-state index contributed by atoms with van der Waals surface area (Å²) in [5, 5.41) is 2.89. The highest BCUT2D eigenvalue weighted by Gasteiger charge is 2.34. The fourth-order valence-corrected chi connectivity index (χ4v) is 4.39. The minimum absolute atomic E-state index is 0.108. The van der Waals surface area contributed by atoms with Crippen LogP contribution in [0.5, 0.6) is 0 Å². The summed E-state index contributed by atoms with van der Waals surface area (Å²) in [4.78, 5) is 17.2. The van der Waals surface area contributed by atoms with Crippen LogP contribution in [0.15, 0.2) is 36.4 Å². The molecule has 1 heterocycles. The number of fused-ring (bicyclic) bond motifs is 1. The average Bonchev–Trinajstić information content (AvgIpc) is 2.73. The zero-order valence-corrected chi connectivity index (χ0v) is 17.3. The Kier molecular flexibility index (Phi) is 5.92. The van der Waals surface area contributed by atoms with Crippen molar-refractivity contribution in [3.05, 3.63) is 64.5 Å². The van der Waals surface area contributed by atoms with E-state index in [2.05, 4.69) is 40.4 Å². The summed E-state index contributed by atoms with van der Waals surface area (Å²) in [5.41, 5.74) is 2.19. The second-order valence-electron chi connectivity index (χ2n) is 8.31. The number of aryl methyl sites for hydroxylation is 1. The number of alkyl halides is 3. The molecule has 0 radical (unpaired) electrons. The highest BCUT2D eigenvalue weighted by molar-refractivity contribution is 5.94. The summed E-state index contributed by atoms with van der Waals surface area (Å²) in [6, 6.07) is 8.43. The van der Waals surface area contributed by atoms with Gasteiger partial charge in [-0.1, -0.05) is 12.1 Å². The fourth-order valence-electron chi connectivity index (χ4n) is 4.39. The molecule has 2 aromatic carbocycles. The molecule has 8 heteroatoms. The lowest BCUT2D eigenvalue weighted by Crippen LogP contribution is -2.45. The number of piperazine rings is 1. The zero-order valence-electron chi connectivity index (χ0n) is 17.3. The van der Waals surface area contributed by atoms with Gasteiger partial charge in [-0.25, -0.2) is 4.39 Å². The quantitative estimate of drug-likeness (QED) is 0.744. The van der Waals surface area contributed by atoms with Crippen LogP contribution in [-0.4, -0.2) is 50.1 Å². The normalized spacial score (nSPS) is 19.8. The van der Waals surface area contributed by atoms with Crippen LogP contribution in [0.2, 0.25) is 0 Å². The topological polar surface area (TPSA) is 35.6 Å². The molecule has 1 saturated heterocycles. The molecule has 4 rings (SSSR count). The van der Waals surface area contributed by atoms with Gasteiger partial charge in [0.05, 0.1) is 5.56 Å². The maximum Gasteiger partial charge on any atom is 0.419 e. The Morgan fingerprint density at radius 3 is 2.52 bits per heavy atom. The van der Waals surface area contributed by atoms with Gasteiger partial charge in [0.15, 0.2) is 0 Å². The number of halogens is 4. The van der Waals surface area contributed by atoms with E-state index in [1.807, 2.05) is 0 Å². The van der Waals surface area contributed by atoms with Crippen LogP contribution in [-0.2, 0) is 19.0 Å². The van der Waals surface area contributed by atoms with Gasteiger partial charge in [0, 0.05) is 43.5 Å². The van der Waals surface area contributed by atoms with Crippen molar-refractivity contribution in [1.29, 1.82) is 0 Å². The predicted molar refractivity (Wildman–Crippen MR) is 111 cm³/mol. The Bertz CT molecular complexity index is 968. The van der Waals surface area contributed by atoms with Gasteiger partial charge in [-0.3, -0.25) is 4.79 Å². The molecule has 1 aliphatic carbocycles. The molecule has 1 aliphatic heterocycles. The second-order valence-corrected chi connectivity index (χ2v) is 8.31. The van der Waals surface area contributed by atoms with Crippen molar-refractivity contribution >= 4 is 11.6 Å². The Balaban J connectivity index is 1.48. The number of hydrogen-bond acceptors (Lipinski definition) is 3. The molecule has 0 aromatic heterocycles. The second kappa shape index (κ2) is 8.49. The molecule has 1 amide bonds. The van der Waals surface area contributed by atoms with Gasteiger partial charge in [0.2, 0.25) is 0 Å². The number of amides is 1. The Morgan fingerprint density at radius 2 is 1.84 bits per heavy atom. The third-order valence-corrected chi connectivity index (χ3v) is 6.18. The molecule has 1 fully saturated rings. The van der Waals surface area contributed by atoms with E-state index in [1.54, 1.807) is 0 Å². The Hall–Kier alpha value is -2.61. The number of benzene rings is 2. The van der Waals surface area contributed by atoms with E-state index in [-0.39, 0.29) is 11.6 Å². The maximum absolute atomic E-state index is 13.9. The number of likely N-dealkylation sites (N-methyl/N-ethyl adjacent to an activating group) is 1. The van der Waals surface area contributed by atoms with E-state index in [4.69, 9.17) is 0 Å². The molecular formula is C23H25F4N3O. The van der Waals surface area contributed by atoms with Gasteiger partial charge in [-0.05, 0) is 61.7 Å². The number of carbonyl (C=O) groups excluding carboxylic acids is 1. The number of hydrogen-bond donors (Lipinski definition) is 1. The van der Waals surface area contributed by atoms with Crippen LogP contribution in [0.25, 0.3) is 0 Å². The molecule has 1 N–H and O–H groups in total. The molecule has 4 nitrogen and oxygen atoms in total. The van der Waals surface area contributed by atoms with Crippen LogP contribution in [0.1, 0.15) is 33.5 Å². The predicted octanol–water partition coefficient (Wildman–Crippen LogP) is 3.88. The number of anilines is 1. The zero-order chi connectivity index (χ0) is 22.2. The van der Waals surface area contributed by atoms with Gasteiger partial charge >= 0.3 is 6.18 Å². The standard InChI is InChI=1S/C23H25F4N3O/c1-29-9-11-30(12-10-29)21-4-2-3-15-5-7-17(14-18(15)21)28-22(31)16-6-8-19(20(24)13-16)23(25,26)27/h2-4,6,8,13,17H,5,7,9-12,14H2,1H3,(H,28,31)/t17-/m1/s1. The summed E-state index contributed by atoms with van der Waals surface area (Å²) in [7, 11) is 2.10. The lowest BCUT2D eigenvalue weighted by Gasteiger charge is -2.37. The molecule has 1 atom stereocenters. The van der Waals surface area contributed by atoms with Gasteiger partial charge in [-0.15, -0.1) is 0 Å². The average molecular weight is 435 g/mol. The van der Waals surface area contributed by atoms with E-state index >= 15 is 0 Å². The summed E-state index contributed by atoms with van der Waals surface area (Å²) < 4.78 is 52.1. The van der Waals surface area contributed by atoms with Crippen molar-refractivity contribution in [2.24, 2.45) is 0 Å². The van der Waals surface area contributed by atoms with Gasteiger partial charge in [0.1, 0.15) is 5.82 Å². The van der Waals surface area contributed by atoms with Crippen molar-refractivity contribution in [3.8, 4) is 0 Å². The fraction of sp³-hybridized carbons (Fsp3) is 0.435. The first-order valence-corrected chi connectivity index (χ1v) is 10.4. The van der Waals surface area contributed by atoms with E-state index in [0.717, 1.165) is 45.1 Å². The van der Waals surface area contributed by atoms with Crippen molar-refractivity contribution in [3.63, 3.8) is 0 Å². The number of nitrogens with zero attached hydrogens (tertiary/aromatic N) is 2. The first-order valence-electron chi connectivity index (χ1n) is 10.4. The first kappa shape index (κ1) is 21.6. The summed E-state index contributed by atoms with van der Waals surface area (Å²) in [6.45, 7) is 3.86. The highest BCUT2D eigenvalue weighted by Crippen LogP contribution is 2.33. The van der Waals surface area contributed by atoms with Crippen LogP contribution in [0.4, 0.5) is 23.2 Å². The third kappa shape index (κ3) is 4.69. The van der Waals surface area contributed by atoms with Gasteiger partial charge in [0.25, 0.3) is 5.91 Å². The van der Waals surface area contributed by atoms with Crippen LogP contribution in [0.3, 0.4) is 0 Å². The summed E-state index contributed by atoms with van der Waals surface area (Å²) >= 11 is 0. The van der Waals surface area contributed by atoms with Crippen LogP contribution in [0, 0.1) is 5.82 Å². The van der Waals surface area contributed by atoms with Crippen LogP contribution >= 0.6 is 0 Å². The van der Waals surface area contributed by atoms with Crippen molar-refractivity contribution in [2.75, 3.05) is 38.1 Å². The molecule has 31 heavy (non-hydrogen) atoms.